The van der Waals surface area contributed by atoms with Crippen LogP contribution in [0.15, 0.2) is 28.9 Å². The van der Waals surface area contributed by atoms with Crippen molar-refractivity contribution in [3.8, 4) is 11.5 Å². The summed E-state index contributed by atoms with van der Waals surface area (Å²) in [6.45, 7) is 2.53. The molecule has 110 valence electrons. The second kappa shape index (κ2) is 6.45. The summed E-state index contributed by atoms with van der Waals surface area (Å²) in [4.78, 5) is 17.8. The number of hydrogen-bond acceptors (Lipinski definition) is 6. The highest BCUT2D eigenvalue weighted by Gasteiger charge is 2.17. The number of carbonyl (C=O) groups excluding carboxylic acids is 1. The SMILES string of the molecule is O=C(CCc1nnc(-c2ccncc2)o1)N1CCOCC1. The summed E-state index contributed by atoms with van der Waals surface area (Å²) >= 11 is 0. The van der Waals surface area contributed by atoms with E-state index in [2.05, 4.69) is 15.2 Å². The van der Waals surface area contributed by atoms with Crippen molar-refractivity contribution in [1.82, 2.24) is 20.1 Å². The Labute approximate surface area is 121 Å². The van der Waals surface area contributed by atoms with Crippen LogP contribution in [-0.2, 0) is 16.0 Å². The monoisotopic (exact) mass is 288 g/mol. The van der Waals surface area contributed by atoms with Gasteiger partial charge >= 0.3 is 0 Å². The average Bonchev–Trinajstić information content (AvgIpc) is 3.03. The smallest absolute Gasteiger partial charge is 0.247 e. The number of morpholine rings is 1. The van der Waals surface area contributed by atoms with Crippen LogP contribution in [0.25, 0.3) is 11.5 Å². The van der Waals surface area contributed by atoms with Crippen LogP contribution in [-0.4, -0.2) is 52.3 Å². The van der Waals surface area contributed by atoms with Gasteiger partial charge in [0.25, 0.3) is 0 Å². The summed E-state index contributed by atoms with van der Waals surface area (Å²) in [5.41, 5.74) is 0.822. The van der Waals surface area contributed by atoms with E-state index in [4.69, 9.17) is 9.15 Å². The first-order valence-electron chi connectivity index (χ1n) is 6.91. The highest BCUT2D eigenvalue weighted by Crippen LogP contribution is 2.17. The molecule has 0 aromatic carbocycles. The Kier molecular flexibility index (Phi) is 4.20. The van der Waals surface area contributed by atoms with Crippen LogP contribution in [0.5, 0.6) is 0 Å². The van der Waals surface area contributed by atoms with E-state index >= 15 is 0 Å². The van der Waals surface area contributed by atoms with Gasteiger partial charge in [-0.3, -0.25) is 9.78 Å². The molecule has 2 aromatic heterocycles. The highest BCUT2D eigenvalue weighted by molar-refractivity contribution is 5.76. The van der Waals surface area contributed by atoms with Gasteiger partial charge in [-0.15, -0.1) is 10.2 Å². The number of hydrogen-bond donors (Lipinski definition) is 0. The lowest BCUT2D eigenvalue weighted by Gasteiger charge is -2.26. The number of carbonyl (C=O) groups is 1. The van der Waals surface area contributed by atoms with Crippen LogP contribution in [0.3, 0.4) is 0 Å². The van der Waals surface area contributed by atoms with E-state index < -0.39 is 0 Å². The fourth-order valence-electron chi connectivity index (χ4n) is 2.15. The maximum Gasteiger partial charge on any atom is 0.247 e. The lowest BCUT2D eigenvalue weighted by Crippen LogP contribution is -2.40. The van der Waals surface area contributed by atoms with E-state index in [1.807, 2.05) is 4.90 Å². The maximum absolute atomic E-state index is 12.0. The van der Waals surface area contributed by atoms with Crippen LogP contribution in [0.1, 0.15) is 12.3 Å². The third kappa shape index (κ3) is 3.43. The molecular weight excluding hydrogens is 272 g/mol. The molecule has 1 amide bonds. The Morgan fingerprint density at radius 2 is 1.95 bits per heavy atom. The second-order valence-electron chi connectivity index (χ2n) is 4.73. The zero-order valence-corrected chi connectivity index (χ0v) is 11.6. The molecule has 1 aliphatic heterocycles. The minimum absolute atomic E-state index is 0.0990. The number of amides is 1. The molecule has 21 heavy (non-hydrogen) atoms. The molecule has 7 nitrogen and oxygen atoms in total. The summed E-state index contributed by atoms with van der Waals surface area (Å²) < 4.78 is 10.8. The van der Waals surface area contributed by atoms with E-state index in [9.17, 15) is 4.79 Å². The van der Waals surface area contributed by atoms with Crippen molar-refractivity contribution in [1.29, 1.82) is 0 Å². The fraction of sp³-hybridized carbons (Fsp3) is 0.429. The first-order chi connectivity index (χ1) is 10.3. The van der Waals surface area contributed by atoms with Gasteiger partial charge in [0.2, 0.25) is 17.7 Å². The van der Waals surface area contributed by atoms with Crippen LogP contribution in [0, 0.1) is 0 Å². The third-order valence-electron chi connectivity index (χ3n) is 3.31. The molecule has 2 aromatic rings. The molecule has 1 saturated heterocycles. The Morgan fingerprint density at radius 3 is 2.71 bits per heavy atom. The van der Waals surface area contributed by atoms with Gasteiger partial charge < -0.3 is 14.1 Å². The third-order valence-corrected chi connectivity index (χ3v) is 3.31. The largest absolute Gasteiger partial charge is 0.421 e. The summed E-state index contributed by atoms with van der Waals surface area (Å²) in [6.07, 6.45) is 4.16. The number of ether oxygens (including phenoxy) is 1. The number of aryl methyl sites for hydroxylation is 1. The van der Waals surface area contributed by atoms with Crippen molar-refractivity contribution in [3.05, 3.63) is 30.4 Å². The van der Waals surface area contributed by atoms with Crippen molar-refractivity contribution < 1.29 is 13.9 Å². The first-order valence-corrected chi connectivity index (χ1v) is 6.91. The normalized spacial score (nSPS) is 15.1. The van der Waals surface area contributed by atoms with E-state index in [0.717, 1.165) is 5.56 Å². The second-order valence-corrected chi connectivity index (χ2v) is 4.73. The van der Waals surface area contributed by atoms with Gasteiger partial charge in [0.1, 0.15) is 0 Å². The zero-order chi connectivity index (χ0) is 14.5. The molecule has 0 spiro atoms. The summed E-state index contributed by atoms with van der Waals surface area (Å²) in [7, 11) is 0. The summed E-state index contributed by atoms with van der Waals surface area (Å²) in [5.74, 6) is 1.02. The molecule has 0 bridgehead atoms. The minimum atomic E-state index is 0.0990. The molecule has 0 radical (unpaired) electrons. The van der Waals surface area contributed by atoms with Gasteiger partial charge in [-0.2, -0.15) is 0 Å². The molecule has 0 N–H and O–H groups in total. The Bertz CT molecular complexity index is 593. The molecule has 0 unspecified atom stereocenters. The van der Waals surface area contributed by atoms with E-state index in [1.165, 1.54) is 0 Å². The summed E-state index contributed by atoms with van der Waals surface area (Å²) in [6, 6.07) is 3.60. The Morgan fingerprint density at radius 1 is 1.19 bits per heavy atom. The van der Waals surface area contributed by atoms with Gasteiger partial charge in [0, 0.05) is 43.9 Å². The van der Waals surface area contributed by atoms with Crippen LogP contribution in [0.4, 0.5) is 0 Å². The van der Waals surface area contributed by atoms with Crippen LogP contribution in [0.2, 0.25) is 0 Å². The lowest BCUT2D eigenvalue weighted by atomic mass is 10.2. The number of aromatic nitrogens is 3. The lowest BCUT2D eigenvalue weighted by molar-refractivity contribution is -0.135. The minimum Gasteiger partial charge on any atom is -0.421 e. The zero-order valence-electron chi connectivity index (χ0n) is 11.6. The average molecular weight is 288 g/mol. The summed E-state index contributed by atoms with van der Waals surface area (Å²) in [5, 5.41) is 7.96. The topological polar surface area (TPSA) is 81.3 Å². The molecule has 0 atom stereocenters. The fourth-order valence-corrected chi connectivity index (χ4v) is 2.15. The first kappa shape index (κ1) is 13.7. The molecule has 3 rings (SSSR count). The van der Waals surface area contributed by atoms with Gasteiger partial charge in [0.15, 0.2) is 0 Å². The Balaban J connectivity index is 1.56. The number of rotatable bonds is 4. The quantitative estimate of drug-likeness (QED) is 0.832. The van der Waals surface area contributed by atoms with E-state index in [1.54, 1.807) is 24.5 Å². The molecule has 7 heteroatoms. The molecular formula is C14H16N4O3. The number of pyridine rings is 1. The molecule has 0 saturated carbocycles. The van der Waals surface area contributed by atoms with Crippen molar-refractivity contribution in [3.63, 3.8) is 0 Å². The van der Waals surface area contributed by atoms with E-state index in [0.29, 0.717) is 50.9 Å². The van der Waals surface area contributed by atoms with Crippen molar-refractivity contribution in [2.75, 3.05) is 26.3 Å². The van der Waals surface area contributed by atoms with Crippen LogP contribution >= 0.6 is 0 Å². The van der Waals surface area contributed by atoms with Crippen LogP contribution < -0.4 is 0 Å². The predicted molar refractivity (Wildman–Crippen MR) is 73.2 cm³/mol. The van der Waals surface area contributed by atoms with Gasteiger partial charge in [-0.1, -0.05) is 0 Å². The molecule has 0 aliphatic carbocycles. The number of nitrogens with zero attached hydrogens (tertiary/aromatic N) is 4. The highest BCUT2D eigenvalue weighted by atomic mass is 16.5. The van der Waals surface area contributed by atoms with Gasteiger partial charge in [-0.05, 0) is 12.1 Å². The predicted octanol–water partition coefficient (Wildman–Crippen LogP) is 0.923. The maximum atomic E-state index is 12.0. The van der Waals surface area contributed by atoms with Crippen molar-refractivity contribution in [2.24, 2.45) is 0 Å². The molecule has 1 aliphatic rings. The molecule has 1 fully saturated rings. The van der Waals surface area contributed by atoms with Gasteiger partial charge in [0.05, 0.1) is 13.2 Å². The standard InChI is InChI=1S/C14H16N4O3/c19-13(18-7-9-20-10-8-18)2-1-12-16-17-14(21-12)11-3-5-15-6-4-11/h3-6H,1-2,7-10H2. The van der Waals surface area contributed by atoms with Gasteiger partial charge in [-0.25, -0.2) is 0 Å². The van der Waals surface area contributed by atoms with E-state index in [-0.39, 0.29) is 5.91 Å². The Hall–Kier alpha value is -2.28. The van der Waals surface area contributed by atoms with Crippen molar-refractivity contribution in [2.45, 2.75) is 12.8 Å². The van der Waals surface area contributed by atoms with Crippen molar-refractivity contribution >= 4 is 5.91 Å². The molecule has 3 heterocycles.